The maximum Gasteiger partial charge on any atom is 0.516 e. The van der Waals surface area contributed by atoms with Crippen molar-refractivity contribution in [2.75, 3.05) is 11.3 Å². The van der Waals surface area contributed by atoms with E-state index < -0.39 is 15.5 Å². The molecule has 2 aromatic carbocycles. The number of alkyl halides is 3. The minimum absolute atomic E-state index is 0.100. The fourth-order valence-electron chi connectivity index (χ4n) is 2.76. The van der Waals surface area contributed by atoms with Crippen LogP contribution in [0.15, 0.2) is 42.5 Å². The lowest BCUT2D eigenvalue weighted by atomic mass is 9.98. The number of carbonyl (C=O) groups is 1. The van der Waals surface area contributed by atoms with Crippen LogP contribution in [0.4, 0.5) is 18.9 Å². The van der Waals surface area contributed by atoms with Crippen molar-refractivity contribution in [1.82, 2.24) is 4.90 Å². The Morgan fingerprint density at radius 1 is 1.11 bits per heavy atom. The highest BCUT2D eigenvalue weighted by Gasteiger charge is 2.46. The zero-order valence-corrected chi connectivity index (χ0v) is 16.7. The number of sulfonamides is 1. The van der Waals surface area contributed by atoms with Crippen molar-refractivity contribution in [3.63, 3.8) is 0 Å². The van der Waals surface area contributed by atoms with Gasteiger partial charge in [-0.2, -0.15) is 21.6 Å². The molecule has 5 nitrogen and oxygen atoms in total. The topological polar surface area (TPSA) is 66.5 Å². The second kappa shape index (κ2) is 7.30. The molecule has 0 fully saturated rings. The summed E-state index contributed by atoms with van der Waals surface area (Å²) in [7, 11) is -5.45. The number of benzene rings is 2. The maximum atomic E-state index is 12.6. The van der Waals surface area contributed by atoms with E-state index in [0.717, 1.165) is 15.6 Å². The molecule has 1 aliphatic heterocycles. The molecule has 0 saturated heterocycles. The molecule has 1 heterocycles. The first kappa shape index (κ1) is 19.9. The van der Waals surface area contributed by atoms with Crippen molar-refractivity contribution >= 4 is 44.2 Å². The highest BCUT2D eigenvalue weighted by atomic mass is 127. The molecule has 144 valence electrons. The van der Waals surface area contributed by atoms with Gasteiger partial charge in [-0.25, -0.2) is 0 Å². The van der Waals surface area contributed by atoms with Crippen molar-refractivity contribution in [2.45, 2.75) is 18.5 Å². The number of anilines is 1. The number of hydrogen-bond donors (Lipinski definition) is 1. The van der Waals surface area contributed by atoms with Crippen LogP contribution in [-0.4, -0.2) is 31.3 Å². The Labute approximate surface area is 167 Å². The fraction of sp³-hybridized carbons (Fsp3) is 0.235. The Morgan fingerprint density at radius 2 is 1.78 bits per heavy atom. The van der Waals surface area contributed by atoms with Gasteiger partial charge < -0.3 is 4.90 Å². The summed E-state index contributed by atoms with van der Waals surface area (Å²) in [5, 5.41) is 0. The lowest BCUT2D eigenvalue weighted by Gasteiger charge is -2.29. The van der Waals surface area contributed by atoms with Crippen LogP contribution in [0, 0.1) is 3.57 Å². The third-order valence-corrected chi connectivity index (χ3v) is 5.91. The molecule has 27 heavy (non-hydrogen) atoms. The zero-order chi connectivity index (χ0) is 19.8. The van der Waals surface area contributed by atoms with Crippen molar-refractivity contribution in [3.8, 4) is 0 Å². The molecule has 3 rings (SSSR count). The van der Waals surface area contributed by atoms with E-state index in [-0.39, 0.29) is 18.1 Å². The fourth-order valence-corrected chi connectivity index (χ4v) is 3.81. The van der Waals surface area contributed by atoms with E-state index in [2.05, 4.69) is 22.6 Å². The third kappa shape index (κ3) is 4.37. The third-order valence-electron chi connectivity index (χ3n) is 4.12. The monoisotopic (exact) mass is 510 g/mol. The van der Waals surface area contributed by atoms with Gasteiger partial charge in [-0.1, -0.05) is 18.2 Å². The van der Waals surface area contributed by atoms with Crippen LogP contribution in [0.25, 0.3) is 0 Å². The molecule has 1 N–H and O–H groups in total. The molecule has 1 aliphatic rings. The van der Waals surface area contributed by atoms with Crippen molar-refractivity contribution in [3.05, 3.63) is 62.7 Å². The molecule has 1 amide bonds. The molecule has 0 aromatic heterocycles. The summed E-state index contributed by atoms with van der Waals surface area (Å²) in [6, 6.07) is 11.2. The van der Waals surface area contributed by atoms with Crippen LogP contribution < -0.4 is 4.72 Å². The number of carbonyl (C=O) groups excluding carboxylic acids is 1. The first-order valence-electron chi connectivity index (χ1n) is 7.82. The molecule has 0 unspecified atom stereocenters. The summed E-state index contributed by atoms with van der Waals surface area (Å²) in [6.45, 7) is 0.824. The van der Waals surface area contributed by atoms with E-state index in [1.807, 2.05) is 18.2 Å². The summed E-state index contributed by atoms with van der Waals surface area (Å²) in [6.07, 6.45) is 0.724. The van der Waals surface area contributed by atoms with Gasteiger partial charge in [0, 0.05) is 27.9 Å². The average molecular weight is 510 g/mol. The molecule has 0 bridgehead atoms. The second-order valence-corrected chi connectivity index (χ2v) is 8.95. The summed E-state index contributed by atoms with van der Waals surface area (Å²) in [5.41, 5.74) is -3.24. The lowest BCUT2D eigenvalue weighted by molar-refractivity contribution is -0.0429. The maximum absolute atomic E-state index is 12.6. The Bertz CT molecular complexity index is 976. The summed E-state index contributed by atoms with van der Waals surface area (Å²) >= 11 is 2.14. The highest BCUT2D eigenvalue weighted by Crippen LogP contribution is 2.26. The molecule has 0 spiro atoms. The van der Waals surface area contributed by atoms with E-state index in [4.69, 9.17) is 0 Å². The Balaban J connectivity index is 1.71. The molecular formula is C17H14F3IN2O3S. The predicted molar refractivity (Wildman–Crippen MR) is 103 cm³/mol. The van der Waals surface area contributed by atoms with Crippen LogP contribution in [0.3, 0.4) is 0 Å². The standard InChI is InChI=1S/C17H14F3IN2O3S/c18-17(19,20)27(25,26)22-14-5-1-11(2-6-14)10-23-8-7-12-3-4-13(21)9-15(12)16(23)24/h1-6,9,22H,7-8,10H2. The van der Waals surface area contributed by atoms with E-state index in [0.29, 0.717) is 17.7 Å². The van der Waals surface area contributed by atoms with Crippen molar-refractivity contribution < 1.29 is 26.4 Å². The largest absolute Gasteiger partial charge is 0.516 e. The SMILES string of the molecule is O=C1c2cc(I)ccc2CCN1Cc1ccc(NS(=O)(=O)C(F)(F)F)cc1. The lowest BCUT2D eigenvalue weighted by Crippen LogP contribution is -2.37. The van der Waals surface area contributed by atoms with Gasteiger partial charge in [0.2, 0.25) is 0 Å². The zero-order valence-electron chi connectivity index (χ0n) is 13.8. The summed E-state index contributed by atoms with van der Waals surface area (Å²) in [5.74, 6) is -0.100. The molecule has 0 saturated carbocycles. The minimum Gasteiger partial charge on any atom is -0.334 e. The normalized spacial score (nSPS) is 14.8. The van der Waals surface area contributed by atoms with Gasteiger partial charge in [-0.3, -0.25) is 9.52 Å². The molecule has 2 aromatic rings. The van der Waals surface area contributed by atoms with Gasteiger partial charge in [0.15, 0.2) is 0 Å². The number of amides is 1. The van der Waals surface area contributed by atoms with Gasteiger partial charge in [0.05, 0.1) is 0 Å². The Kier molecular flexibility index (Phi) is 5.39. The van der Waals surface area contributed by atoms with E-state index >= 15 is 0 Å². The number of hydrogen-bond acceptors (Lipinski definition) is 3. The van der Waals surface area contributed by atoms with Crippen LogP contribution >= 0.6 is 22.6 Å². The Morgan fingerprint density at radius 3 is 2.41 bits per heavy atom. The van der Waals surface area contributed by atoms with Crippen molar-refractivity contribution in [1.29, 1.82) is 0 Å². The summed E-state index contributed by atoms with van der Waals surface area (Å²) < 4.78 is 61.9. The number of fused-ring (bicyclic) bond motifs is 1. The first-order valence-corrected chi connectivity index (χ1v) is 10.4. The van der Waals surface area contributed by atoms with Crippen LogP contribution in [0.2, 0.25) is 0 Å². The van der Waals surface area contributed by atoms with Gasteiger partial charge >= 0.3 is 15.5 Å². The molecule has 0 radical (unpaired) electrons. The van der Waals surface area contributed by atoms with Gasteiger partial charge in [-0.05, 0) is 64.4 Å². The van der Waals surface area contributed by atoms with Crippen LogP contribution in [0.5, 0.6) is 0 Å². The minimum atomic E-state index is -5.45. The summed E-state index contributed by atoms with van der Waals surface area (Å²) in [4.78, 5) is 14.3. The van der Waals surface area contributed by atoms with Crippen LogP contribution in [-0.2, 0) is 23.0 Å². The smallest absolute Gasteiger partial charge is 0.334 e. The van der Waals surface area contributed by atoms with E-state index in [1.165, 1.54) is 29.0 Å². The first-order chi connectivity index (χ1) is 12.6. The van der Waals surface area contributed by atoms with E-state index in [9.17, 15) is 26.4 Å². The molecule has 0 aliphatic carbocycles. The second-order valence-electron chi connectivity index (χ2n) is 6.03. The van der Waals surface area contributed by atoms with E-state index in [1.54, 1.807) is 4.90 Å². The number of rotatable bonds is 4. The molecular weight excluding hydrogens is 496 g/mol. The number of halogens is 4. The predicted octanol–water partition coefficient (Wildman–Crippen LogP) is 3.75. The Hall–Kier alpha value is -1.82. The van der Waals surface area contributed by atoms with Crippen molar-refractivity contribution in [2.24, 2.45) is 0 Å². The van der Waals surface area contributed by atoms with Gasteiger partial charge in [-0.15, -0.1) is 0 Å². The van der Waals surface area contributed by atoms with Gasteiger partial charge in [0.1, 0.15) is 0 Å². The number of nitrogens with zero attached hydrogens (tertiary/aromatic N) is 1. The molecule has 0 atom stereocenters. The quantitative estimate of drug-likeness (QED) is 0.638. The number of nitrogens with one attached hydrogen (secondary N) is 1. The van der Waals surface area contributed by atoms with Gasteiger partial charge in [0.25, 0.3) is 5.91 Å². The molecule has 10 heteroatoms. The van der Waals surface area contributed by atoms with Crippen LogP contribution in [0.1, 0.15) is 21.5 Å². The average Bonchev–Trinajstić information content (AvgIpc) is 2.58. The highest BCUT2D eigenvalue weighted by molar-refractivity contribution is 14.1.